The van der Waals surface area contributed by atoms with E-state index in [1.54, 1.807) is 30.6 Å². The van der Waals surface area contributed by atoms with Crippen molar-refractivity contribution < 1.29 is 13.2 Å². The van der Waals surface area contributed by atoms with Crippen LogP contribution in [0.3, 0.4) is 0 Å². The Morgan fingerprint density at radius 2 is 1.72 bits per heavy atom. The highest BCUT2D eigenvalue weighted by molar-refractivity contribution is 5.67. The van der Waals surface area contributed by atoms with E-state index in [2.05, 4.69) is 30.5 Å². The summed E-state index contributed by atoms with van der Waals surface area (Å²) < 4.78 is 40.8. The van der Waals surface area contributed by atoms with Crippen LogP contribution >= 0.6 is 0 Å². The predicted molar refractivity (Wildman–Crippen MR) is 107 cm³/mol. The molecule has 0 radical (unpaired) electrons. The van der Waals surface area contributed by atoms with Gasteiger partial charge in [0.05, 0.1) is 11.4 Å². The van der Waals surface area contributed by atoms with Crippen LogP contribution in [-0.4, -0.2) is 47.0 Å². The van der Waals surface area contributed by atoms with Crippen molar-refractivity contribution in [3.63, 3.8) is 0 Å². The van der Waals surface area contributed by atoms with Gasteiger partial charge in [-0.05, 0) is 51.3 Å². The van der Waals surface area contributed by atoms with Gasteiger partial charge in [0.15, 0.2) is 17.5 Å². The van der Waals surface area contributed by atoms with E-state index in [0.717, 1.165) is 30.7 Å². The number of benzene rings is 1. The molecule has 0 saturated carbocycles. The Hall–Kier alpha value is -3.20. The number of hydrogen-bond acceptors (Lipinski definition) is 6. The summed E-state index contributed by atoms with van der Waals surface area (Å²) >= 11 is 0. The van der Waals surface area contributed by atoms with E-state index >= 15 is 0 Å². The summed E-state index contributed by atoms with van der Waals surface area (Å²) in [6, 6.07) is 7.12. The third kappa shape index (κ3) is 5.41. The second kappa shape index (κ2) is 9.33. The zero-order valence-corrected chi connectivity index (χ0v) is 16.1. The highest BCUT2D eigenvalue weighted by atomic mass is 19.2. The molecule has 0 aliphatic rings. The lowest BCUT2D eigenvalue weighted by atomic mass is 10.2. The summed E-state index contributed by atoms with van der Waals surface area (Å²) in [6.07, 6.45) is 4.13. The Morgan fingerprint density at radius 1 is 0.966 bits per heavy atom. The maximum atomic E-state index is 14.0. The van der Waals surface area contributed by atoms with Gasteiger partial charge < -0.3 is 15.5 Å². The quantitative estimate of drug-likeness (QED) is 0.438. The van der Waals surface area contributed by atoms with Gasteiger partial charge in [0.25, 0.3) is 0 Å². The average molecular weight is 402 g/mol. The first-order chi connectivity index (χ1) is 13.9. The minimum absolute atomic E-state index is 0.221. The molecule has 0 fully saturated rings. The Balaban J connectivity index is 1.89. The van der Waals surface area contributed by atoms with Crippen LogP contribution in [0.4, 0.5) is 30.6 Å². The van der Waals surface area contributed by atoms with Crippen molar-refractivity contribution in [3.8, 4) is 11.3 Å². The van der Waals surface area contributed by atoms with Gasteiger partial charge in [-0.1, -0.05) is 0 Å². The molecule has 3 aromatic rings. The van der Waals surface area contributed by atoms with E-state index in [4.69, 9.17) is 0 Å². The van der Waals surface area contributed by atoms with Crippen LogP contribution in [0.5, 0.6) is 0 Å². The molecule has 0 bridgehead atoms. The number of aromatic nitrogens is 3. The molecule has 0 amide bonds. The normalized spacial score (nSPS) is 11.0. The van der Waals surface area contributed by atoms with Crippen molar-refractivity contribution in [2.24, 2.45) is 0 Å². The lowest BCUT2D eigenvalue weighted by molar-refractivity contribution is 0.405. The van der Waals surface area contributed by atoms with Crippen LogP contribution in [0.2, 0.25) is 0 Å². The second-order valence-corrected chi connectivity index (χ2v) is 6.63. The maximum absolute atomic E-state index is 14.0. The van der Waals surface area contributed by atoms with Crippen molar-refractivity contribution in [1.82, 2.24) is 19.9 Å². The number of nitrogens with zero attached hydrogens (tertiary/aromatic N) is 4. The number of anilines is 3. The highest BCUT2D eigenvalue weighted by Gasteiger charge is 2.15. The van der Waals surface area contributed by atoms with Gasteiger partial charge >= 0.3 is 0 Å². The van der Waals surface area contributed by atoms with Gasteiger partial charge in [0, 0.05) is 30.6 Å². The molecule has 9 heteroatoms. The first-order valence-corrected chi connectivity index (χ1v) is 9.02. The van der Waals surface area contributed by atoms with E-state index in [9.17, 15) is 13.2 Å². The number of pyridine rings is 1. The highest BCUT2D eigenvalue weighted by Crippen LogP contribution is 2.26. The van der Waals surface area contributed by atoms with Crippen molar-refractivity contribution >= 4 is 17.5 Å². The van der Waals surface area contributed by atoms with Crippen molar-refractivity contribution in [2.75, 3.05) is 37.8 Å². The predicted octanol–water partition coefficient (Wildman–Crippen LogP) is 4.06. The first-order valence-electron chi connectivity index (χ1n) is 9.02. The van der Waals surface area contributed by atoms with Crippen LogP contribution < -0.4 is 10.6 Å². The smallest absolute Gasteiger partial charge is 0.225 e. The topological polar surface area (TPSA) is 66.0 Å². The fourth-order valence-electron chi connectivity index (χ4n) is 2.62. The van der Waals surface area contributed by atoms with E-state index in [0.29, 0.717) is 18.2 Å². The molecule has 2 heterocycles. The molecule has 152 valence electrons. The molecule has 0 aliphatic heterocycles. The standard InChI is InChI=1S/C20H21F3N6/c1-29(2)11-3-8-25-20-27-16(13-6-9-24-10-7-13)12-17(28-20)26-15-5-4-14(21)18(22)19(15)23/h4-7,9-10,12H,3,8,11H2,1-2H3,(H2,25,26,27,28). The SMILES string of the molecule is CN(C)CCCNc1nc(Nc2ccc(F)c(F)c2F)cc(-c2ccncc2)n1. The second-order valence-electron chi connectivity index (χ2n) is 6.63. The van der Waals surface area contributed by atoms with Gasteiger partial charge in [0.2, 0.25) is 5.95 Å². The van der Waals surface area contributed by atoms with Crippen molar-refractivity contribution in [2.45, 2.75) is 6.42 Å². The molecule has 3 rings (SSSR count). The first kappa shape index (κ1) is 20.5. The fraction of sp³-hybridized carbons (Fsp3) is 0.250. The molecular weight excluding hydrogens is 381 g/mol. The van der Waals surface area contributed by atoms with E-state index in [1.165, 1.54) is 0 Å². The largest absolute Gasteiger partial charge is 0.354 e. The summed E-state index contributed by atoms with van der Waals surface area (Å²) in [7, 11) is 3.97. The minimum Gasteiger partial charge on any atom is -0.354 e. The zero-order chi connectivity index (χ0) is 20.8. The maximum Gasteiger partial charge on any atom is 0.225 e. The Labute approximate surface area is 166 Å². The van der Waals surface area contributed by atoms with E-state index in [-0.39, 0.29) is 11.5 Å². The Kier molecular flexibility index (Phi) is 6.61. The lowest BCUT2D eigenvalue weighted by Gasteiger charge is -2.13. The molecule has 0 unspecified atom stereocenters. The summed E-state index contributed by atoms with van der Waals surface area (Å²) in [4.78, 5) is 14.9. The van der Waals surface area contributed by atoms with Gasteiger partial charge in [-0.2, -0.15) is 4.98 Å². The molecule has 1 aromatic carbocycles. The molecule has 0 atom stereocenters. The molecule has 0 spiro atoms. The summed E-state index contributed by atoms with van der Waals surface area (Å²) in [5.74, 6) is -3.53. The molecule has 6 nitrogen and oxygen atoms in total. The number of halogens is 3. The van der Waals surface area contributed by atoms with Gasteiger partial charge in [-0.15, -0.1) is 0 Å². The molecule has 0 saturated heterocycles. The van der Waals surface area contributed by atoms with Crippen LogP contribution in [0.15, 0.2) is 42.7 Å². The number of nitrogens with one attached hydrogen (secondary N) is 2. The molecule has 2 aromatic heterocycles. The Bertz CT molecular complexity index is 966. The van der Waals surface area contributed by atoms with Gasteiger partial charge in [-0.25, -0.2) is 18.2 Å². The third-order valence-corrected chi connectivity index (χ3v) is 4.07. The average Bonchev–Trinajstić information content (AvgIpc) is 2.72. The Morgan fingerprint density at radius 3 is 2.45 bits per heavy atom. The van der Waals surface area contributed by atoms with Crippen molar-refractivity contribution in [3.05, 3.63) is 60.2 Å². The summed E-state index contributed by atoms with van der Waals surface area (Å²) in [6.45, 7) is 1.53. The fourth-order valence-corrected chi connectivity index (χ4v) is 2.62. The van der Waals surface area contributed by atoms with Gasteiger partial charge in [0.1, 0.15) is 5.82 Å². The molecule has 0 aliphatic carbocycles. The number of rotatable bonds is 8. The van der Waals surface area contributed by atoms with Crippen LogP contribution in [0.25, 0.3) is 11.3 Å². The summed E-state index contributed by atoms with van der Waals surface area (Å²) in [5, 5.41) is 5.84. The summed E-state index contributed by atoms with van der Waals surface area (Å²) in [5.41, 5.74) is 1.14. The third-order valence-electron chi connectivity index (χ3n) is 4.07. The zero-order valence-electron chi connectivity index (χ0n) is 16.1. The van der Waals surface area contributed by atoms with Crippen molar-refractivity contribution in [1.29, 1.82) is 0 Å². The van der Waals surface area contributed by atoms with E-state index in [1.807, 2.05) is 14.1 Å². The minimum atomic E-state index is -1.54. The lowest BCUT2D eigenvalue weighted by Crippen LogP contribution is -2.17. The monoisotopic (exact) mass is 402 g/mol. The van der Waals surface area contributed by atoms with E-state index < -0.39 is 17.5 Å². The molecule has 2 N–H and O–H groups in total. The molecular formula is C20H21F3N6. The van der Waals surface area contributed by atoms with Crippen LogP contribution in [0.1, 0.15) is 6.42 Å². The van der Waals surface area contributed by atoms with Crippen LogP contribution in [-0.2, 0) is 0 Å². The van der Waals surface area contributed by atoms with Crippen LogP contribution in [0, 0.1) is 17.5 Å². The number of hydrogen-bond donors (Lipinski definition) is 2. The molecule has 29 heavy (non-hydrogen) atoms. The van der Waals surface area contributed by atoms with Gasteiger partial charge in [-0.3, -0.25) is 4.98 Å².